The SMILES string of the molecule is Oc1ccc(C(=S)NC[C@H]2CCCO2)cc1. The van der Waals surface area contributed by atoms with Crippen molar-refractivity contribution in [1.29, 1.82) is 0 Å². The molecular weight excluding hydrogens is 222 g/mol. The maximum Gasteiger partial charge on any atom is 0.115 e. The Morgan fingerprint density at radius 3 is 2.81 bits per heavy atom. The Balaban J connectivity index is 1.85. The summed E-state index contributed by atoms with van der Waals surface area (Å²) in [6.45, 7) is 1.62. The number of hydrogen-bond acceptors (Lipinski definition) is 3. The molecule has 0 unspecified atom stereocenters. The highest BCUT2D eigenvalue weighted by atomic mass is 32.1. The van der Waals surface area contributed by atoms with Gasteiger partial charge in [-0.25, -0.2) is 0 Å². The second-order valence-corrected chi connectivity index (χ2v) is 4.30. The lowest BCUT2D eigenvalue weighted by atomic mass is 10.2. The van der Waals surface area contributed by atoms with Crippen LogP contribution in [-0.4, -0.2) is 29.4 Å². The number of rotatable bonds is 3. The van der Waals surface area contributed by atoms with Crippen molar-refractivity contribution in [3.8, 4) is 5.75 Å². The monoisotopic (exact) mass is 237 g/mol. The molecule has 0 spiro atoms. The molecule has 1 fully saturated rings. The Bertz CT molecular complexity index is 358. The van der Waals surface area contributed by atoms with E-state index in [1.807, 2.05) is 0 Å². The van der Waals surface area contributed by atoms with Gasteiger partial charge in [0, 0.05) is 18.7 Å². The zero-order valence-electron chi connectivity index (χ0n) is 8.98. The van der Waals surface area contributed by atoms with E-state index >= 15 is 0 Å². The number of aromatic hydroxyl groups is 1. The van der Waals surface area contributed by atoms with Crippen LogP contribution in [0, 0.1) is 0 Å². The minimum absolute atomic E-state index is 0.255. The van der Waals surface area contributed by atoms with Crippen molar-refractivity contribution in [2.75, 3.05) is 13.2 Å². The number of hydrogen-bond donors (Lipinski definition) is 2. The normalized spacial score (nSPS) is 19.6. The van der Waals surface area contributed by atoms with Crippen LogP contribution in [-0.2, 0) is 4.74 Å². The number of ether oxygens (including phenoxy) is 1. The van der Waals surface area contributed by atoms with Gasteiger partial charge in [-0.05, 0) is 37.1 Å². The average molecular weight is 237 g/mol. The van der Waals surface area contributed by atoms with Crippen LogP contribution in [0.1, 0.15) is 18.4 Å². The molecule has 1 aromatic rings. The minimum Gasteiger partial charge on any atom is -0.508 e. The van der Waals surface area contributed by atoms with Gasteiger partial charge in [0.15, 0.2) is 0 Å². The summed E-state index contributed by atoms with van der Waals surface area (Å²) in [5, 5.41) is 12.3. The summed E-state index contributed by atoms with van der Waals surface area (Å²) in [4.78, 5) is 0.704. The first-order valence-electron chi connectivity index (χ1n) is 5.44. The molecule has 0 amide bonds. The number of phenols is 1. The largest absolute Gasteiger partial charge is 0.508 e. The fourth-order valence-corrected chi connectivity index (χ4v) is 1.95. The van der Waals surface area contributed by atoms with Gasteiger partial charge in [0.05, 0.1) is 6.10 Å². The van der Waals surface area contributed by atoms with Crippen LogP contribution in [0.5, 0.6) is 5.75 Å². The second kappa shape index (κ2) is 5.27. The fraction of sp³-hybridized carbons (Fsp3) is 0.417. The van der Waals surface area contributed by atoms with Gasteiger partial charge in [0.25, 0.3) is 0 Å². The smallest absolute Gasteiger partial charge is 0.115 e. The second-order valence-electron chi connectivity index (χ2n) is 3.89. The molecule has 0 aliphatic carbocycles. The zero-order chi connectivity index (χ0) is 11.4. The Hall–Kier alpha value is -1.13. The van der Waals surface area contributed by atoms with Crippen LogP contribution in [0.4, 0.5) is 0 Å². The van der Waals surface area contributed by atoms with Crippen molar-refractivity contribution in [3.63, 3.8) is 0 Å². The summed E-state index contributed by atoms with van der Waals surface area (Å²) < 4.78 is 5.50. The molecule has 1 aromatic carbocycles. The van der Waals surface area contributed by atoms with Gasteiger partial charge < -0.3 is 15.2 Å². The van der Waals surface area contributed by atoms with Gasteiger partial charge in [-0.15, -0.1) is 0 Å². The van der Waals surface area contributed by atoms with Crippen LogP contribution >= 0.6 is 12.2 Å². The highest BCUT2D eigenvalue weighted by Gasteiger charge is 2.15. The first-order valence-corrected chi connectivity index (χ1v) is 5.85. The molecule has 0 bridgehead atoms. The molecule has 0 radical (unpaired) electrons. The average Bonchev–Trinajstić information content (AvgIpc) is 2.80. The molecule has 1 aliphatic rings. The van der Waals surface area contributed by atoms with Crippen molar-refractivity contribution in [2.45, 2.75) is 18.9 Å². The third-order valence-electron chi connectivity index (χ3n) is 2.64. The number of nitrogens with one attached hydrogen (secondary N) is 1. The van der Waals surface area contributed by atoms with E-state index in [4.69, 9.17) is 22.1 Å². The lowest BCUT2D eigenvalue weighted by Crippen LogP contribution is -2.31. The van der Waals surface area contributed by atoms with E-state index in [-0.39, 0.29) is 11.9 Å². The van der Waals surface area contributed by atoms with E-state index < -0.39 is 0 Å². The van der Waals surface area contributed by atoms with Crippen molar-refractivity contribution in [2.24, 2.45) is 0 Å². The molecule has 2 rings (SSSR count). The molecule has 2 N–H and O–H groups in total. The number of thiocarbonyl (C=S) groups is 1. The first kappa shape index (κ1) is 11.4. The van der Waals surface area contributed by atoms with Crippen molar-refractivity contribution in [3.05, 3.63) is 29.8 Å². The predicted octanol–water partition coefficient (Wildman–Crippen LogP) is 1.84. The molecule has 86 valence electrons. The highest BCUT2D eigenvalue weighted by molar-refractivity contribution is 7.80. The number of benzene rings is 1. The molecule has 3 nitrogen and oxygen atoms in total. The lowest BCUT2D eigenvalue weighted by Gasteiger charge is -2.12. The summed E-state index contributed by atoms with van der Waals surface area (Å²) in [6, 6.07) is 6.88. The van der Waals surface area contributed by atoms with Gasteiger partial charge >= 0.3 is 0 Å². The predicted molar refractivity (Wildman–Crippen MR) is 66.8 cm³/mol. The van der Waals surface area contributed by atoms with Crippen LogP contribution in [0.15, 0.2) is 24.3 Å². The van der Waals surface area contributed by atoms with Gasteiger partial charge in [0.2, 0.25) is 0 Å². The quantitative estimate of drug-likeness (QED) is 0.787. The van der Waals surface area contributed by atoms with Gasteiger partial charge in [-0.2, -0.15) is 0 Å². The van der Waals surface area contributed by atoms with E-state index in [9.17, 15) is 0 Å². The molecule has 0 saturated carbocycles. The number of phenolic OH excluding ortho intramolecular Hbond substituents is 1. The van der Waals surface area contributed by atoms with Crippen molar-refractivity contribution < 1.29 is 9.84 Å². The molecule has 1 heterocycles. The van der Waals surface area contributed by atoms with Crippen molar-refractivity contribution in [1.82, 2.24) is 5.32 Å². The third kappa shape index (κ3) is 2.93. The maximum atomic E-state index is 9.16. The maximum absolute atomic E-state index is 9.16. The van der Waals surface area contributed by atoms with Gasteiger partial charge in [0.1, 0.15) is 10.7 Å². The van der Waals surface area contributed by atoms with Crippen molar-refractivity contribution >= 4 is 17.2 Å². The first-order chi connectivity index (χ1) is 7.75. The molecule has 16 heavy (non-hydrogen) atoms. The summed E-state index contributed by atoms with van der Waals surface area (Å²) >= 11 is 5.25. The standard InChI is InChI=1S/C12H15NO2S/c14-10-5-3-9(4-6-10)12(16)13-8-11-2-1-7-15-11/h3-6,11,14H,1-2,7-8H2,(H,13,16)/t11-/m1/s1. The molecular formula is C12H15NO2S. The van der Waals surface area contributed by atoms with E-state index in [0.717, 1.165) is 31.6 Å². The Morgan fingerprint density at radius 2 is 2.19 bits per heavy atom. The van der Waals surface area contributed by atoms with E-state index in [2.05, 4.69) is 5.32 Å². The van der Waals surface area contributed by atoms with Crippen LogP contribution < -0.4 is 5.32 Å². The van der Waals surface area contributed by atoms with E-state index in [1.165, 1.54) is 0 Å². The fourth-order valence-electron chi connectivity index (χ4n) is 1.73. The van der Waals surface area contributed by atoms with Crippen LogP contribution in [0.25, 0.3) is 0 Å². The third-order valence-corrected chi connectivity index (χ3v) is 3.02. The zero-order valence-corrected chi connectivity index (χ0v) is 9.80. The molecule has 4 heteroatoms. The van der Waals surface area contributed by atoms with Gasteiger partial charge in [-0.3, -0.25) is 0 Å². The molecule has 0 aromatic heterocycles. The topological polar surface area (TPSA) is 41.5 Å². The summed E-state index contributed by atoms with van der Waals surface area (Å²) in [6.07, 6.45) is 2.53. The Kier molecular flexibility index (Phi) is 3.74. The van der Waals surface area contributed by atoms with Crippen LogP contribution in [0.3, 0.4) is 0 Å². The molecule has 1 saturated heterocycles. The Labute approximate surface area is 100 Å². The summed E-state index contributed by atoms with van der Waals surface area (Å²) in [7, 11) is 0. The van der Waals surface area contributed by atoms with E-state index in [1.54, 1.807) is 24.3 Å². The minimum atomic E-state index is 0.255. The van der Waals surface area contributed by atoms with E-state index in [0.29, 0.717) is 4.99 Å². The summed E-state index contributed by atoms with van der Waals surface area (Å²) in [5.41, 5.74) is 0.922. The highest BCUT2D eigenvalue weighted by Crippen LogP contribution is 2.12. The summed E-state index contributed by atoms with van der Waals surface area (Å²) in [5.74, 6) is 0.255. The Morgan fingerprint density at radius 1 is 1.44 bits per heavy atom. The molecule has 1 atom stereocenters. The lowest BCUT2D eigenvalue weighted by molar-refractivity contribution is 0.114. The molecule has 1 aliphatic heterocycles. The van der Waals surface area contributed by atoms with Gasteiger partial charge in [-0.1, -0.05) is 12.2 Å². The van der Waals surface area contributed by atoms with Crippen LogP contribution in [0.2, 0.25) is 0 Å².